The number of carbonyl (C=O) groups excluding carboxylic acids is 6. The molecule has 0 rings (SSSR count). The molecule has 352 valence electrons. The molecule has 0 aromatic heterocycles. The van der Waals surface area contributed by atoms with Gasteiger partial charge in [-0.1, -0.05) is 47.8 Å². The van der Waals surface area contributed by atoms with Crippen LogP contribution in [0.1, 0.15) is 83.1 Å². The van der Waals surface area contributed by atoms with Crippen molar-refractivity contribution in [2.75, 3.05) is 39.5 Å². The van der Waals surface area contributed by atoms with Crippen LogP contribution in [0.5, 0.6) is 0 Å². The highest BCUT2D eigenvalue weighted by molar-refractivity contribution is 9.20. The third-order valence-electron chi connectivity index (χ3n) is 4.07. The maximum atomic E-state index is 11.3. The van der Waals surface area contributed by atoms with E-state index in [1.807, 2.05) is 0 Å². The molecule has 0 aromatic rings. The Morgan fingerprint density at radius 1 is 0.610 bits per heavy atom. The average molecular weight is 1140 g/mol. The number of alkyl carbamates (subject to hydrolysis) is 2. The molecular weight excluding hydrogens is 1080 g/mol. The lowest BCUT2D eigenvalue weighted by Crippen LogP contribution is -2.52. The Hall–Kier alpha value is -2.49. The summed E-state index contributed by atoms with van der Waals surface area (Å²) in [6, 6.07) is 0. The van der Waals surface area contributed by atoms with Crippen LogP contribution in [0.3, 0.4) is 0 Å². The fourth-order valence-corrected chi connectivity index (χ4v) is 1.82. The average Bonchev–Trinajstić information content (AvgIpc) is 2.98. The van der Waals surface area contributed by atoms with E-state index in [0.29, 0.717) is 13.2 Å². The maximum absolute atomic E-state index is 11.3. The Balaban J connectivity index is -0.000000148. The van der Waals surface area contributed by atoms with E-state index in [9.17, 15) is 50.3 Å². The van der Waals surface area contributed by atoms with Crippen LogP contribution < -0.4 is 21.5 Å². The lowest BCUT2D eigenvalue weighted by Gasteiger charge is -2.20. The second kappa shape index (κ2) is 31.4. The van der Waals surface area contributed by atoms with Gasteiger partial charge < -0.3 is 55.4 Å². The highest BCUT2D eigenvalue weighted by Crippen LogP contribution is 2.20. The molecule has 0 spiro atoms. The normalized spacial score (nSPS) is 11.4. The van der Waals surface area contributed by atoms with Gasteiger partial charge >= 0.3 is 42.4 Å². The van der Waals surface area contributed by atoms with Crippen molar-refractivity contribution >= 4 is 104 Å². The fourth-order valence-electron chi connectivity index (χ4n) is 1.59. The predicted molar refractivity (Wildman–Crippen MR) is 213 cm³/mol. The van der Waals surface area contributed by atoms with Crippen LogP contribution in [0.15, 0.2) is 0 Å². The van der Waals surface area contributed by atoms with Crippen LogP contribution in [0.2, 0.25) is 0 Å². The number of hydrogen-bond acceptors (Lipinski definition) is 13. The largest absolute Gasteiger partial charge is 0.542 e. The molecule has 0 bridgehead atoms. The van der Waals surface area contributed by atoms with Gasteiger partial charge in [0.25, 0.3) is 0 Å². The van der Waals surface area contributed by atoms with Crippen molar-refractivity contribution in [3.63, 3.8) is 0 Å². The third kappa shape index (κ3) is 57.6. The molecule has 7 N–H and O–H groups in total. The number of ether oxygens (including phenoxy) is 4. The van der Waals surface area contributed by atoms with E-state index in [1.165, 1.54) is 0 Å². The summed E-state index contributed by atoms with van der Waals surface area (Å²) in [4.78, 5) is 72.3. The molecule has 0 atom stereocenters. The second-order valence-corrected chi connectivity index (χ2v) is 20.7. The number of carboxylic acid groups (broad SMARTS) is 2. The molecule has 2 amide bonds. The summed E-state index contributed by atoms with van der Waals surface area (Å²) in [6.45, 7) is 22.6. The van der Waals surface area contributed by atoms with Crippen molar-refractivity contribution in [1.29, 1.82) is 0 Å². The van der Waals surface area contributed by atoms with Crippen molar-refractivity contribution < 1.29 is 99.9 Å². The van der Waals surface area contributed by atoms with E-state index in [-0.39, 0.29) is 42.9 Å². The number of nitrogens with one attached hydrogen (secondary N) is 2. The second-order valence-electron chi connectivity index (χ2n) is 14.0. The lowest BCUT2D eigenvalue weighted by molar-refractivity contribution is -0.372. The smallest absolute Gasteiger partial charge is 0.490 e. The van der Waals surface area contributed by atoms with Crippen LogP contribution in [0.25, 0.3) is 0 Å². The number of halogens is 10. The number of aliphatic hydroxyl groups is 1. The third-order valence-corrected chi connectivity index (χ3v) is 6.60. The minimum atomic E-state index is -5.19. The Bertz CT molecular complexity index is 1220. The Morgan fingerprint density at radius 3 is 1.07 bits per heavy atom. The minimum Gasteiger partial charge on any atom is -0.542 e. The number of quaternary nitrogens is 1. The summed E-state index contributed by atoms with van der Waals surface area (Å²) >= 11 is 12.3. The van der Waals surface area contributed by atoms with Crippen molar-refractivity contribution in [2.45, 2.75) is 120 Å². The molecular formula is C32H55Br4F6N3O14. The van der Waals surface area contributed by atoms with Crippen LogP contribution in [-0.2, 0) is 42.9 Å². The molecule has 59 heavy (non-hydrogen) atoms. The molecule has 0 radical (unpaired) electrons. The maximum Gasteiger partial charge on any atom is 0.490 e. The first-order valence-corrected chi connectivity index (χ1v) is 19.5. The van der Waals surface area contributed by atoms with E-state index in [2.05, 4.69) is 80.1 Å². The van der Waals surface area contributed by atoms with Crippen molar-refractivity contribution in [2.24, 2.45) is 0 Å². The summed E-state index contributed by atoms with van der Waals surface area (Å²) in [6.07, 6.45) is -11.3. The number of aliphatic carboxylic acids is 2. The summed E-state index contributed by atoms with van der Waals surface area (Å²) < 4.78 is 81.2. The van der Waals surface area contributed by atoms with Gasteiger partial charge in [-0.25, -0.2) is 14.4 Å². The van der Waals surface area contributed by atoms with Gasteiger partial charge in [0.2, 0.25) is 4.69 Å². The molecule has 0 saturated carbocycles. The highest BCUT2D eigenvalue weighted by atomic mass is 79.9. The number of alkyl halides is 9. The topological polar surface area (TPSA) is 272 Å². The van der Waals surface area contributed by atoms with Gasteiger partial charge in [-0.3, -0.25) is 14.4 Å². The number of rotatable bonds is 10. The van der Waals surface area contributed by atoms with Gasteiger partial charge in [-0.05, 0) is 99.0 Å². The zero-order chi connectivity index (χ0) is 49.0. The summed E-state index contributed by atoms with van der Waals surface area (Å²) in [5.41, 5.74) is 2.55. The quantitative estimate of drug-likeness (QED) is 0.0496. The minimum absolute atomic E-state index is 0.0278. The van der Waals surface area contributed by atoms with Crippen LogP contribution in [0, 0.1) is 0 Å². The number of hydrogen-bond donors (Lipinski definition) is 5. The molecule has 0 aliphatic rings. The fraction of sp³-hybridized carbons (Fsp3) is 0.781. The van der Waals surface area contributed by atoms with Gasteiger partial charge in [0, 0.05) is 6.54 Å². The van der Waals surface area contributed by atoms with Crippen molar-refractivity contribution in [1.82, 2.24) is 10.6 Å². The lowest BCUT2D eigenvalue weighted by atomic mass is 10.2. The molecule has 0 fully saturated rings. The summed E-state index contributed by atoms with van der Waals surface area (Å²) in [7, 11) is 0. The van der Waals surface area contributed by atoms with E-state index >= 15 is 0 Å². The zero-order valence-corrected chi connectivity index (χ0v) is 40.9. The number of aliphatic hydroxyl groups excluding tert-OH is 1. The summed E-state index contributed by atoms with van der Waals surface area (Å²) in [5, 5.41) is 29.1. The van der Waals surface area contributed by atoms with Crippen LogP contribution in [0.4, 0.5) is 35.9 Å². The number of carboxylic acids is 2. The first-order valence-electron chi connectivity index (χ1n) is 16.3. The standard InChI is InChI=1S/C11H20BrNO4.C7H15NO3.C6H12BrNO2.C4H6Br2O.2C2HF3O2/c1-10(2,3)17-9(15)13-6-7-16-8(14)11(4,5)12;1-7(2,3)11-6(10)8-4-5-9;1-6(2,7)5(9)10-4-3-8;1-4(2,6)3(5)7;2*3-2(4,5)1(6)7/h6-7H2,1-5H3,(H,13,15);9H,4-5H2,1-3H3,(H,8,10);3-4,8H2,1-2H3;1-2H3;2*(H,6,7). The Kier molecular flexibility index (Phi) is 36.3. The van der Waals surface area contributed by atoms with Crippen molar-refractivity contribution in [3.05, 3.63) is 0 Å². The van der Waals surface area contributed by atoms with Crippen LogP contribution in [-0.4, -0.2) is 127 Å². The molecule has 0 saturated heterocycles. The van der Waals surface area contributed by atoms with Crippen molar-refractivity contribution in [3.8, 4) is 0 Å². The molecule has 17 nitrogen and oxygen atoms in total. The van der Waals surface area contributed by atoms with Gasteiger partial charge in [0.15, 0.2) is 0 Å². The van der Waals surface area contributed by atoms with E-state index in [1.54, 1.807) is 83.1 Å². The SMILES string of the molecule is CC(C)(Br)C(=O)Br.CC(C)(Br)C(=O)OCC[NH3+].CC(C)(C)OC(=O)NCCO.CC(C)(C)OC(=O)NCCOC(=O)C(C)(C)Br.O=C(O)C(F)(F)F.O=C([O-])C(F)(F)F. The Morgan fingerprint density at radius 2 is 0.881 bits per heavy atom. The van der Waals surface area contributed by atoms with Crippen LogP contribution >= 0.6 is 63.7 Å². The van der Waals surface area contributed by atoms with E-state index in [0.717, 1.165) is 0 Å². The molecule has 0 aliphatic carbocycles. The van der Waals surface area contributed by atoms with Gasteiger partial charge in [-0.15, -0.1) is 0 Å². The molecule has 27 heteroatoms. The monoisotopic (exact) mass is 1140 g/mol. The number of carbonyl (C=O) groups is 7. The molecule has 0 heterocycles. The highest BCUT2D eigenvalue weighted by Gasteiger charge is 2.38. The van der Waals surface area contributed by atoms with E-state index < -0.39 is 60.7 Å². The number of esters is 2. The first kappa shape index (κ1) is 68.3. The van der Waals surface area contributed by atoms with Gasteiger partial charge in [-0.2, -0.15) is 26.3 Å². The molecule has 0 aromatic carbocycles. The predicted octanol–water partition coefficient (Wildman–Crippen LogP) is 4.69. The van der Waals surface area contributed by atoms with E-state index in [4.69, 9.17) is 43.9 Å². The Labute approximate surface area is 372 Å². The number of amides is 2. The molecule has 0 unspecified atom stereocenters. The first-order chi connectivity index (χ1) is 25.8. The summed E-state index contributed by atoms with van der Waals surface area (Å²) in [5.74, 6) is -6.38. The van der Waals surface area contributed by atoms with Gasteiger partial charge in [0.1, 0.15) is 45.6 Å². The zero-order valence-electron chi connectivity index (χ0n) is 34.5. The van der Waals surface area contributed by atoms with Gasteiger partial charge in [0.05, 0.1) is 17.5 Å². The molecule has 0 aliphatic heterocycles.